The maximum atomic E-state index is 13.6. The number of carbonyl (C=O) groups excluding carboxylic acids is 2. The summed E-state index contributed by atoms with van der Waals surface area (Å²) in [7, 11) is -3.79. The van der Waals surface area contributed by atoms with Crippen LogP contribution in [0.3, 0.4) is 0 Å². The highest BCUT2D eigenvalue weighted by molar-refractivity contribution is 7.89. The van der Waals surface area contributed by atoms with Crippen LogP contribution in [0.4, 0.5) is 10.1 Å². The number of hydrogen-bond acceptors (Lipinski definition) is 8. The number of anilines is 1. The lowest BCUT2D eigenvalue weighted by Crippen LogP contribution is -2.40. The Hall–Kier alpha value is -4.43. The number of benzene rings is 3. The number of hydrogen-bond donors (Lipinski definition) is 1. The van der Waals surface area contributed by atoms with Crippen molar-refractivity contribution in [1.29, 1.82) is 0 Å². The second-order valence-electron chi connectivity index (χ2n) is 10.0. The predicted octanol–water partition coefficient (Wildman–Crippen LogP) is 5.09. The number of carbonyl (C=O) groups is 2. The van der Waals surface area contributed by atoms with Crippen molar-refractivity contribution in [2.75, 3.05) is 31.6 Å². The largest absolute Gasteiger partial charge is 0.443 e. The summed E-state index contributed by atoms with van der Waals surface area (Å²) in [6, 6.07) is 22.0. The van der Waals surface area contributed by atoms with Crippen LogP contribution in [0.15, 0.2) is 89.8 Å². The molecule has 0 radical (unpaired) electrons. The molecule has 0 aliphatic carbocycles. The van der Waals surface area contributed by atoms with Gasteiger partial charge >= 0.3 is 5.97 Å². The Morgan fingerprint density at radius 1 is 1.00 bits per heavy atom. The van der Waals surface area contributed by atoms with E-state index in [9.17, 15) is 22.4 Å². The van der Waals surface area contributed by atoms with Gasteiger partial charge in [0.2, 0.25) is 16.1 Å². The first-order valence-corrected chi connectivity index (χ1v) is 16.0. The van der Waals surface area contributed by atoms with Crippen LogP contribution in [0.2, 0.25) is 0 Å². The molecule has 1 N–H and O–H groups in total. The fraction of sp³-hybridized carbons (Fsp3) is 0.194. The van der Waals surface area contributed by atoms with E-state index in [1.165, 1.54) is 34.6 Å². The van der Waals surface area contributed by atoms with Crippen LogP contribution in [0.1, 0.15) is 27.0 Å². The Morgan fingerprint density at radius 3 is 2.45 bits per heavy atom. The summed E-state index contributed by atoms with van der Waals surface area (Å²) in [6.45, 7) is 2.90. The van der Waals surface area contributed by atoms with Gasteiger partial charge in [-0.3, -0.25) is 4.79 Å². The van der Waals surface area contributed by atoms with Crippen molar-refractivity contribution in [2.45, 2.75) is 17.9 Å². The first kappa shape index (κ1) is 29.6. The van der Waals surface area contributed by atoms with E-state index in [2.05, 4.69) is 10.4 Å². The van der Waals surface area contributed by atoms with Crippen LogP contribution in [0, 0.1) is 12.7 Å². The van der Waals surface area contributed by atoms with Crippen LogP contribution in [-0.2, 0) is 24.3 Å². The number of morpholine rings is 1. The quantitative estimate of drug-likeness (QED) is 0.236. The number of thiophene rings is 1. The van der Waals surface area contributed by atoms with E-state index in [1.54, 1.807) is 66.2 Å². The van der Waals surface area contributed by atoms with E-state index in [0.29, 0.717) is 35.0 Å². The molecule has 5 aromatic rings. The number of aromatic nitrogens is 2. The van der Waals surface area contributed by atoms with Crippen molar-refractivity contribution in [3.05, 3.63) is 107 Å². The molecule has 1 aliphatic rings. The molecule has 6 rings (SSSR count). The van der Waals surface area contributed by atoms with E-state index in [4.69, 9.17) is 9.47 Å². The molecule has 226 valence electrons. The third kappa shape index (κ3) is 5.99. The number of rotatable bonds is 8. The van der Waals surface area contributed by atoms with Crippen LogP contribution >= 0.6 is 11.3 Å². The molecule has 1 aliphatic heterocycles. The van der Waals surface area contributed by atoms with Gasteiger partial charge in [-0.05, 0) is 55.5 Å². The smallest absolute Gasteiger partial charge is 0.349 e. The lowest BCUT2D eigenvalue weighted by molar-refractivity contribution is -0.125. The van der Waals surface area contributed by atoms with Gasteiger partial charge in [-0.1, -0.05) is 36.4 Å². The highest BCUT2D eigenvalue weighted by Gasteiger charge is 2.29. The third-order valence-electron chi connectivity index (χ3n) is 7.09. The van der Waals surface area contributed by atoms with Crippen molar-refractivity contribution < 1.29 is 31.9 Å². The molecular formula is C31H27FN4O6S2. The Labute approximate surface area is 256 Å². The molecule has 1 saturated heterocycles. The van der Waals surface area contributed by atoms with Gasteiger partial charge in [-0.2, -0.15) is 9.40 Å². The van der Waals surface area contributed by atoms with Gasteiger partial charge < -0.3 is 14.8 Å². The number of aryl methyl sites for hydroxylation is 1. The monoisotopic (exact) mass is 634 g/mol. The van der Waals surface area contributed by atoms with Gasteiger partial charge in [0.15, 0.2) is 0 Å². The number of esters is 1. The molecule has 1 amide bonds. The molecule has 2 aromatic heterocycles. The van der Waals surface area contributed by atoms with Crippen molar-refractivity contribution in [2.24, 2.45) is 0 Å². The van der Waals surface area contributed by atoms with E-state index in [1.807, 2.05) is 0 Å². The molecule has 3 aromatic carbocycles. The summed E-state index contributed by atoms with van der Waals surface area (Å²) in [5.74, 6) is -1.75. The summed E-state index contributed by atoms with van der Waals surface area (Å²) < 4.78 is 53.8. The number of sulfonamides is 1. The summed E-state index contributed by atoms with van der Waals surface area (Å²) in [5.41, 5.74) is 1.97. The van der Waals surface area contributed by atoms with Crippen LogP contribution < -0.4 is 5.32 Å². The zero-order valence-electron chi connectivity index (χ0n) is 23.5. The molecule has 0 saturated carbocycles. The summed E-state index contributed by atoms with van der Waals surface area (Å²) >= 11 is 1.14. The van der Waals surface area contributed by atoms with Crippen LogP contribution in [0.5, 0.6) is 0 Å². The van der Waals surface area contributed by atoms with Gasteiger partial charge in [0.05, 0.1) is 29.5 Å². The standard InChI is InChI=1S/C31H27FN4O6S2/c1-20-26-19-27(43-30(26)36(34-20)24-12-10-22(32)11-13-24)31(38)42-28(21-6-3-2-4-7-21)29(37)33-23-8-5-9-25(18-23)44(39,40)35-14-16-41-17-15-35/h2-13,18-19,28H,14-17H2,1H3,(H,33,37). The topological polar surface area (TPSA) is 120 Å². The average molecular weight is 635 g/mol. The van der Waals surface area contributed by atoms with E-state index < -0.39 is 28.0 Å². The number of nitrogens with zero attached hydrogens (tertiary/aromatic N) is 3. The minimum atomic E-state index is -3.79. The summed E-state index contributed by atoms with van der Waals surface area (Å²) in [4.78, 5) is 28.0. The normalized spacial score (nSPS) is 14.8. The highest BCUT2D eigenvalue weighted by Crippen LogP contribution is 2.32. The summed E-state index contributed by atoms with van der Waals surface area (Å²) in [5, 5.41) is 7.96. The van der Waals surface area contributed by atoms with Crippen molar-refractivity contribution in [3.63, 3.8) is 0 Å². The zero-order valence-corrected chi connectivity index (χ0v) is 25.1. The molecule has 1 unspecified atom stereocenters. The molecular weight excluding hydrogens is 607 g/mol. The first-order valence-electron chi connectivity index (χ1n) is 13.7. The first-order chi connectivity index (χ1) is 21.2. The number of fused-ring (bicyclic) bond motifs is 1. The zero-order chi connectivity index (χ0) is 30.8. The van der Waals surface area contributed by atoms with Gasteiger partial charge in [0.1, 0.15) is 15.5 Å². The number of ether oxygens (including phenoxy) is 2. The van der Waals surface area contributed by atoms with Gasteiger partial charge in [-0.25, -0.2) is 22.3 Å². The number of nitrogens with one attached hydrogen (secondary N) is 1. The fourth-order valence-electron chi connectivity index (χ4n) is 4.85. The molecule has 1 fully saturated rings. The van der Waals surface area contributed by atoms with E-state index in [0.717, 1.165) is 16.7 Å². The van der Waals surface area contributed by atoms with Gasteiger partial charge in [-0.15, -0.1) is 11.3 Å². The van der Waals surface area contributed by atoms with E-state index in [-0.39, 0.29) is 34.4 Å². The van der Waals surface area contributed by atoms with E-state index >= 15 is 0 Å². The Morgan fingerprint density at radius 2 is 1.73 bits per heavy atom. The molecule has 10 nitrogen and oxygen atoms in total. The van der Waals surface area contributed by atoms with Crippen molar-refractivity contribution >= 4 is 49.1 Å². The van der Waals surface area contributed by atoms with Crippen LogP contribution in [-0.4, -0.2) is 60.7 Å². The third-order valence-corrected chi connectivity index (χ3v) is 10.1. The SMILES string of the molecule is Cc1nn(-c2ccc(F)cc2)c2sc(C(=O)OC(C(=O)Nc3cccc(S(=O)(=O)N4CCOCC4)c3)c3ccccc3)cc12. The maximum Gasteiger partial charge on any atom is 0.349 e. The molecule has 0 spiro atoms. The number of halogens is 1. The minimum absolute atomic E-state index is 0.0290. The highest BCUT2D eigenvalue weighted by atomic mass is 32.2. The second kappa shape index (κ2) is 12.3. The summed E-state index contributed by atoms with van der Waals surface area (Å²) in [6.07, 6.45) is -1.33. The van der Waals surface area contributed by atoms with Gasteiger partial charge in [0, 0.05) is 29.7 Å². The molecule has 3 heterocycles. The maximum absolute atomic E-state index is 13.6. The molecule has 0 bridgehead atoms. The lowest BCUT2D eigenvalue weighted by atomic mass is 10.1. The molecule has 44 heavy (non-hydrogen) atoms. The molecule has 1 atom stereocenters. The Kier molecular flexibility index (Phi) is 8.27. The number of amides is 1. The van der Waals surface area contributed by atoms with Crippen LogP contribution in [0.25, 0.3) is 15.9 Å². The Bertz CT molecular complexity index is 1940. The van der Waals surface area contributed by atoms with Gasteiger partial charge in [0.25, 0.3) is 5.91 Å². The minimum Gasteiger partial charge on any atom is -0.443 e. The molecule has 13 heteroatoms. The van der Waals surface area contributed by atoms with Crippen molar-refractivity contribution in [1.82, 2.24) is 14.1 Å². The average Bonchev–Trinajstić information content (AvgIpc) is 3.61. The predicted molar refractivity (Wildman–Crippen MR) is 163 cm³/mol. The van der Waals surface area contributed by atoms with Crippen molar-refractivity contribution in [3.8, 4) is 5.69 Å². The Balaban J connectivity index is 1.25. The fourth-order valence-corrected chi connectivity index (χ4v) is 7.37. The second-order valence-corrected chi connectivity index (χ2v) is 13.0. The lowest BCUT2D eigenvalue weighted by Gasteiger charge is -2.26.